The lowest BCUT2D eigenvalue weighted by Gasteiger charge is -2.29. The molecule has 0 spiro atoms. The molecule has 1 rings (SSSR count). The van der Waals surface area contributed by atoms with E-state index in [4.69, 9.17) is 5.11 Å². The fourth-order valence-corrected chi connectivity index (χ4v) is 2.80. The zero-order valence-electron chi connectivity index (χ0n) is 12.1. The average Bonchev–Trinajstić information content (AvgIpc) is 2.39. The Morgan fingerprint density at radius 1 is 1.50 bits per heavy atom. The van der Waals surface area contributed by atoms with Crippen molar-refractivity contribution < 1.29 is 9.90 Å². The molecular formula is C15H20N2O2S. The predicted octanol–water partition coefficient (Wildman–Crippen LogP) is 3.36. The van der Waals surface area contributed by atoms with Crippen molar-refractivity contribution in [2.75, 3.05) is 17.2 Å². The second kappa shape index (κ2) is 7.81. The first-order valence-corrected chi connectivity index (χ1v) is 7.64. The summed E-state index contributed by atoms with van der Waals surface area (Å²) >= 11 is 1.63. The number of carboxylic acid groups (broad SMARTS) is 1. The minimum atomic E-state index is -0.826. The van der Waals surface area contributed by atoms with Gasteiger partial charge in [0.15, 0.2) is 0 Å². The largest absolute Gasteiger partial charge is 0.481 e. The molecule has 0 fully saturated rings. The van der Waals surface area contributed by atoms with Gasteiger partial charge in [0, 0.05) is 17.5 Å². The van der Waals surface area contributed by atoms with Crippen LogP contribution in [0, 0.1) is 11.3 Å². The molecule has 20 heavy (non-hydrogen) atoms. The van der Waals surface area contributed by atoms with Crippen molar-refractivity contribution >= 4 is 23.4 Å². The van der Waals surface area contributed by atoms with Gasteiger partial charge >= 0.3 is 5.97 Å². The number of thioether (sulfide) groups is 1. The molecule has 0 heterocycles. The Morgan fingerprint density at radius 2 is 2.20 bits per heavy atom. The van der Waals surface area contributed by atoms with E-state index in [0.717, 1.165) is 16.3 Å². The molecule has 0 amide bonds. The van der Waals surface area contributed by atoms with Crippen LogP contribution >= 0.6 is 11.8 Å². The number of hydrogen-bond donors (Lipinski definition) is 1. The van der Waals surface area contributed by atoms with Crippen molar-refractivity contribution in [3.8, 4) is 6.07 Å². The first kappa shape index (κ1) is 16.4. The van der Waals surface area contributed by atoms with Crippen LogP contribution in [-0.2, 0) is 4.79 Å². The van der Waals surface area contributed by atoms with Gasteiger partial charge in [-0.05, 0) is 31.7 Å². The maximum absolute atomic E-state index is 10.8. The molecule has 0 aromatic heterocycles. The second-order valence-electron chi connectivity index (χ2n) is 4.63. The van der Waals surface area contributed by atoms with Crippen LogP contribution in [0.5, 0.6) is 0 Å². The van der Waals surface area contributed by atoms with E-state index in [1.807, 2.05) is 43.9 Å². The second-order valence-corrected chi connectivity index (χ2v) is 5.93. The van der Waals surface area contributed by atoms with Crippen molar-refractivity contribution in [1.82, 2.24) is 0 Å². The topological polar surface area (TPSA) is 64.3 Å². The Balaban J connectivity index is 3.16. The third-order valence-electron chi connectivity index (χ3n) is 2.92. The SMILES string of the molecule is CCSc1cccc(N(CCC(=O)O)C(C)C)c1C#N. The van der Waals surface area contributed by atoms with Crippen LogP contribution in [0.15, 0.2) is 23.1 Å². The van der Waals surface area contributed by atoms with E-state index >= 15 is 0 Å². The van der Waals surface area contributed by atoms with Crippen LogP contribution < -0.4 is 4.90 Å². The zero-order valence-corrected chi connectivity index (χ0v) is 12.9. The fourth-order valence-electron chi connectivity index (χ4n) is 2.02. The van der Waals surface area contributed by atoms with Crippen LogP contribution in [-0.4, -0.2) is 29.4 Å². The van der Waals surface area contributed by atoms with Crippen molar-refractivity contribution in [2.24, 2.45) is 0 Å². The fraction of sp³-hybridized carbons (Fsp3) is 0.467. The number of benzene rings is 1. The number of hydrogen-bond acceptors (Lipinski definition) is 4. The van der Waals surface area contributed by atoms with Gasteiger partial charge in [0.2, 0.25) is 0 Å². The first-order chi connectivity index (χ1) is 9.51. The molecule has 5 heteroatoms. The summed E-state index contributed by atoms with van der Waals surface area (Å²) in [6.45, 7) is 6.45. The number of nitriles is 1. The Bertz CT molecular complexity index is 509. The molecule has 108 valence electrons. The summed E-state index contributed by atoms with van der Waals surface area (Å²) in [5.74, 6) is 0.0721. The summed E-state index contributed by atoms with van der Waals surface area (Å²) in [5.41, 5.74) is 1.46. The van der Waals surface area contributed by atoms with Crippen LogP contribution in [0.2, 0.25) is 0 Å². The normalized spacial score (nSPS) is 10.3. The number of rotatable bonds is 7. The van der Waals surface area contributed by atoms with Crippen molar-refractivity contribution in [3.63, 3.8) is 0 Å². The molecule has 4 nitrogen and oxygen atoms in total. The molecule has 1 N–H and O–H groups in total. The highest BCUT2D eigenvalue weighted by atomic mass is 32.2. The molecule has 1 aromatic carbocycles. The Kier molecular flexibility index (Phi) is 6.40. The molecule has 0 radical (unpaired) electrons. The molecular weight excluding hydrogens is 272 g/mol. The highest BCUT2D eigenvalue weighted by Crippen LogP contribution is 2.31. The Labute approximate surface area is 124 Å². The molecule has 0 aliphatic heterocycles. The summed E-state index contributed by atoms with van der Waals surface area (Å²) in [7, 11) is 0. The van der Waals surface area contributed by atoms with Gasteiger partial charge in [-0.1, -0.05) is 13.0 Å². The van der Waals surface area contributed by atoms with Gasteiger partial charge in [-0.2, -0.15) is 5.26 Å². The van der Waals surface area contributed by atoms with Crippen LogP contribution in [0.4, 0.5) is 5.69 Å². The van der Waals surface area contributed by atoms with E-state index in [1.165, 1.54) is 0 Å². The molecule has 0 saturated heterocycles. The van der Waals surface area contributed by atoms with Gasteiger partial charge in [-0.15, -0.1) is 11.8 Å². The van der Waals surface area contributed by atoms with Gasteiger partial charge in [0.1, 0.15) is 6.07 Å². The summed E-state index contributed by atoms with van der Waals surface area (Å²) in [5, 5.41) is 18.3. The van der Waals surface area contributed by atoms with E-state index < -0.39 is 5.97 Å². The average molecular weight is 292 g/mol. The van der Waals surface area contributed by atoms with Gasteiger partial charge in [-0.25, -0.2) is 0 Å². The molecule has 0 atom stereocenters. The van der Waals surface area contributed by atoms with Gasteiger partial charge in [-0.3, -0.25) is 4.79 Å². The van der Waals surface area contributed by atoms with E-state index in [0.29, 0.717) is 12.1 Å². The van der Waals surface area contributed by atoms with E-state index in [-0.39, 0.29) is 12.5 Å². The Hall–Kier alpha value is -1.67. The summed E-state index contributed by atoms with van der Waals surface area (Å²) in [6, 6.07) is 8.15. The molecule has 0 unspecified atom stereocenters. The molecule has 1 aromatic rings. The monoisotopic (exact) mass is 292 g/mol. The van der Waals surface area contributed by atoms with Crippen LogP contribution in [0.1, 0.15) is 32.8 Å². The van der Waals surface area contributed by atoms with E-state index in [2.05, 4.69) is 6.07 Å². The van der Waals surface area contributed by atoms with Crippen LogP contribution in [0.25, 0.3) is 0 Å². The number of anilines is 1. The maximum Gasteiger partial charge on any atom is 0.305 e. The quantitative estimate of drug-likeness (QED) is 0.781. The van der Waals surface area contributed by atoms with E-state index in [9.17, 15) is 10.1 Å². The third kappa shape index (κ3) is 4.17. The molecule has 0 saturated carbocycles. The number of carbonyl (C=O) groups is 1. The molecule has 0 aliphatic carbocycles. The van der Waals surface area contributed by atoms with Crippen molar-refractivity contribution in [1.29, 1.82) is 5.26 Å². The maximum atomic E-state index is 10.8. The number of carboxylic acids is 1. The summed E-state index contributed by atoms with van der Waals surface area (Å²) in [6.07, 6.45) is 0.0637. The van der Waals surface area contributed by atoms with Crippen molar-refractivity contribution in [3.05, 3.63) is 23.8 Å². The van der Waals surface area contributed by atoms with Gasteiger partial charge < -0.3 is 10.0 Å². The zero-order chi connectivity index (χ0) is 15.1. The lowest BCUT2D eigenvalue weighted by atomic mass is 10.1. The molecule has 0 aliphatic rings. The number of nitrogens with zero attached hydrogens (tertiary/aromatic N) is 2. The minimum absolute atomic E-state index is 0.0637. The lowest BCUT2D eigenvalue weighted by molar-refractivity contribution is -0.136. The third-order valence-corrected chi connectivity index (χ3v) is 3.86. The number of aliphatic carboxylic acids is 1. The summed E-state index contributed by atoms with van der Waals surface area (Å²) < 4.78 is 0. The predicted molar refractivity (Wildman–Crippen MR) is 82.3 cm³/mol. The highest BCUT2D eigenvalue weighted by molar-refractivity contribution is 7.99. The lowest BCUT2D eigenvalue weighted by Crippen LogP contribution is -2.33. The summed E-state index contributed by atoms with van der Waals surface area (Å²) in [4.78, 5) is 13.7. The van der Waals surface area contributed by atoms with Gasteiger partial charge in [0.25, 0.3) is 0 Å². The molecule has 0 bridgehead atoms. The van der Waals surface area contributed by atoms with Gasteiger partial charge in [0.05, 0.1) is 17.7 Å². The van der Waals surface area contributed by atoms with Crippen LogP contribution in [0.3, 0.4) is 0 Å². The standard InChI is InChI=1S/C15H20N2O2S/c1-4-20-14-7-5-6-13(12(14)10-16)17(11(2)3)9-8-15(18)19/h5-7,11H,4,8-9H2,1-3H3,(H,18,19). The highest BCUT2D eigenvalue weighted by Gasteiger charge is 2.17. The van der Waals surface area contributed by atoms with E-state index in [1.54, 1.807) is 11.8 Å². The first-order valence-electron chi connectivity index (χ1n) is 6.65. The Morgan fingerprint density at radius 3 is 2.70 bits per heavy atom. The minimum Gasteiger partial charge on any atom is -0.481 e. The smallest absolute Gasteiger partial charge is 0.305 e. The van der Waals surface area contributed by atoms with Crippen molar-refractivity contribution in [2.45, 2.75) is 38.1 Å².